The molecule has 29 heavy (non-hydrogen) atoms. The summed E-state index contributed by atoms with van der Waals surface area (Å²) in [6.45, 7) is 5.70. The van der Waals surface area contributed by atoms with Crippen molar-refractivity contribution in [2.45, 2.75) is 52.2 Å². The van der Waals surface area contributed by atoms with Crippen LogP contribution in [0.15, 0.2) is 36.5 Å². The number of benzene rings is 1. The molecule has 1 fully saturated rings. The van der Waals surface area contributed by atoms with E-state index in [-0.39, 0.29) is 23.5 Å². The Hall–Kier alpha value is -2.87. The third-order valence-corrected chi connectivity index (χ3v) is 5.26. The van der Waals surface area contributed by atoms with Crippen LogP contribution in [-0.2, 0) is 4.79 Å². The first kappa shape index (κ1) is 20.9. The van der Waals surface area contributed by atoms with Gasteiger partial charge in [0.1, 0.15) is 0 Å². The number of rotatable bonds is 5. The topological polar surface area (TPSA) is 105 Å². The van der Waals surface area contributed by atoms with Crippen LogP contribution in [0.2, 0.25) is 0 Å². The van der Waals surface area contributed by atoms with Crippen LogP contribution in [0.4, 0.5) is 10.6 Å². The molecular formula is C21H27N3O5. The molecule has 3 atom stereocenters. The number of carbonyl (C=O) groups is 2. The van der Waals surface area contributed by atoms with Crippen molar-refractivity contribution in [2.75, 3.05) is 4.90 Å². The molecule has 1 amide bonds. The first-order chi connectivity index (χ1) is 13.8. The highest BCUT2D eigenvalue weighted by Crippen LogP contribution is 2.35. The van der Waals surface area contributed by atoms with Crippen LogP contribution in [0.1, 0.15) is 40.0 Å². The monoisotopic (exact) mass is 401 g/mol. The molecule has 0 aliphatic heterocycles. The summed E-state index contributed by atoms with van der Waals surface area (Å²) < 4.78 is 6.42. The average molecular weight is 401 g/mol. The van der Waals surface area contributed by atoms with Crippen molar-refractivity contribution in [1.29, 1.82) is 0 Å². The Bertz CT molecular complexity index is 864. The van der Waals surface area contributed by atoms with E-state index in [4.69, 9.17) is 9.84 Å². The van der Waals surface area contributed by atoms with Crippen LogP contribution in [0.25, 0.3) is 5.69 Å². The summed E-state index contributed by atoms with van der Waals surface area (Å²) >= 11 is 0. The van der Waals surface area contributed by atoms with Gasteiger partial charge in [-0.1, -0.05) is 25.1 Å². The van der Waals surface area contributed by atoms with Gasteiger partial charge in [0.15, 0.2) is 5.75 Å². The number of carboxylic acid groups (broad SMARTS) is 1. The SMILES string of the molecule is CC(C)N(C(=O)[C@H]1CC[C@H](C)C[C@H]1O)c1nn(-c2ccccc2)cc1OC(=O)O. The predicted octanol–water partition coefficient (Wildman–Crippen LogP) is 3.47. The van der Waals surface area contributed by atoms with E-state index in [9.17, 15) is 14.7 Å². The number of nitrogens with zero attached hydrogens (tertiary/aromatic N) is 3. The molecule has 3 rings (SSSR count). The lowest BCUT2D eigenvalue weighted by atomic mass is 9.80. The Morgan fingerprint density at radius 1 is 1.24 bits per heavy atom. The van der Waals surface area contributed by atoms with Gasteiger partial charge in [-0.3, -0.25) is 9.69 Å². The Balaban J connectivity index is 2.00. The van der Waals surface area contributed by atoms with Gasteiger partial charge in [-0.15, -0.1) is 5.10 Å². The van der Waals surface area contributed by atoms with E-state index in [1.54, 1.807) is 0 Å². The Labute approximate surface area is 169 Å². The molecule has 2 aromatic rings. The summed E-state index contributed by atoms with van der Waals surface area (Å²) in [4.78, 5) is 26.0. The zero-order valence-corrected chi connectivity index (χ0v) is 16.9. The van der Waals surface area contributed by atoms with E-state index >= 15 is 0 Å². The van der Waals surface area contributed by atoms with Crippen LogP contribution in [-0.4, -0.2) is 44.2 Å². The van der Waals surface area contributed by atoms with Crippen molar-refractivity contribution in [1.82, 2.24) is 9.78 Å². The molecule has 1 aliphatic rings. The van der Waals surface area contributed by atoms with E-state index in [2.05, 4.69) is 12.0 Å². The fourth-order valence-corrected chi connectivity index (χ4v) is 3.82. The summed E-state index contributed by atoms with van der Waals surface area (Å²) in [6, 6.07) is 8.85. The molecule has 1 heterocycles. The quantitative estimate of drug-likeness (QED) is 0.744. The third-order valence-electron chi connectivity index (χ3n) is 5.26. The van der Waals surface area contributed by atoms with Gasteiger partial charge in [-0.25, -0.2) is 9.48 Å². The second-order valence-electron chi connectivity index (χ2n) is 7.86. The largest absolute Gasteiger partial charge is 0.511 e. The number of hydrogen-bond donors (Lipinski definition) is 2. The van der Waals surface area contributed by atoms with E-state index < -0.39 is 18.2 Å². The Morgan fingerprint density at radius 2 is 1.93 bits per heavy atom. The minimum Gasteiger partial charge on any atom is -0.449 e. The summed E-state index contributed by atoms with van der Waals surface area (Å²) in [6.07, 6.45) is 1.24. The maximum atomic E-state index is 13.4. The number of ether oxygens (including phenoxy) is 1. The molecule has 1 aliphatic carbocycles. The number of aliphatic hydroxyl groups is 1. The summed E-state index contributed by atoms with van der Waals surface area (Å²) in [7, 11) is 0. The fourth-order valence-electron chi connectivity index (χ4n) is 3.82. The molecule has 2 N–H and O–H groups in total. The lowest BCUT2D eigenvalue weighted by Gasteiger charge is -2.35. The summed E-state index contributed by atoms with van der Waals surface area (Å²) in [5.41, 5.74) is 0.705. The van der Waals surface area contributed by atoms with Crippen LogP contribution >= 0.6 is 0 Å². The van der Waals surface area contributed by atoms with Crippen LogP contribution in [0.5, 0.6) is 5.75 Å². The second-order valence-corrected chi connectivity index (χ2v) is 7.86. The van der Waals surface area contributed by atoms with Gasteiger partial charge in [-0.05, 0) is 51.2 Å². The molecule has 8 nitrogen and oxygen atoms in total. The van der Waals surface area contributed by atoms with Gasteiger partial charge in [0.25, 0.3) is 0 Å². The molecule has 0 unspecified atom stereocenters. The molecule has 0 spiro atoms. The highest BCUT2D eigenvalue weighted by atomic mass is 16.7. The Morgan fingerprint density at radius 3 is 2.52 bits per heavy atom. The van der Waals surface area contributed by atoms with Crippen molar-refractivity contribution in [2.24, 2.45) is 11.8 Å². The molecule has 1 aromatic carbocycles. The standard InChI is InChI=1S/C21H27N3O5/c1-13(2)24(20(26)16-10-9-14(3)11-17(16)25)19-18(29-21(27)28)12-23(22-19)15-7-5-4-6-8-15/h4-8,12-14,16-17,25H,9-11H2,1-3H3,(H,27,28)/t14-,16-,17+/m0/s1. The van der Waals surface area contributed by atoms with Crippen molar-refractivity contribution in [3.63, 3.8) is 0 Å². The zero-order chi connectivity index (χ0) is 21.1. The van der Waals surface area contributed by atoms with E-state index in [1.165, 1.54) is 15.8 Å². The number of amides is 1. The van der Waals surface area contributed by atoms with Gasteiger partial charge in [0.05, 0.1) is 23.9 Å². The summed E-state index contributed by atoms with van der Waals surface area (Å²) in [5, 5.41) is 24.1. The number of hydrogen-bond acceptors (Lipinski definition) is 5. The molecule has 1 saturated carbocycles. The van der Waals surface area contributed by atoms with Gasteiger partial charge < -0.3 is 14.9 Å². The highest BCUT2D eigenvalue weighted by molar-refractivity contribution is 5.96. The molecule has 0 radical (unpaired) electrons. The molecule has 0 saturated heterocycles. The highest BCUT2D eigenvalue weighted by Gasteiger charge is 2.38. The molecule has 0 bridgehead atoms. The summed E-state index contributed by atoms with van der Waals surface area (Å²) in [5.74, 6) is -0.352. The lowest BCUT2D eigenvalue weighted by Crippen LogP contribution is -2.47. The Kier molecular flexibility index (Phi) is 6.22. The van der Waals surface area contributed by atoms with Gasteiger partial charge in [-0.2, -0.15) is 0 Å². The predicted molar refractivity (Wildman–Crippen MR) is 107 cm³/mol. The van der Waals surface area contributed by atoms with Crippen molar-refractivity contribution in [3.8, 4) is 11.4 Å². The fraction of sp³-hybridized carbons (Fsp3) is 0.476. The van der Waals surface area contributed by atoms with Gasteiger partial charge >= 0.3 is 6.16 Å². The second kappa shape index (κ2) is 8.65. The number of anilines is 1. The zero-order valence-electron chi connectivity index (χ0n) is 16.9. The molecule has 1 aromatic heterocycles. The smallest absolute Gasteiger partial charge is 0.449 e. The van der Waals surface area contributed by atoms with Crippen LogP contribution in [0, 0.1) is 11.8 Å². The maximum Gasteiger partial charge on any atom is 0.511 e. The normalized spacial score (nSPS) is 21.8. The minimum atomic E-state index is -1.48. The average Bonchev–Trinajstić information content (AvgIpc) is 3.05. The van der Waals surface area contributed by atoms with Crippen molar-refractivity contribution in [3.05, 3.63) is 36.5 Å². The number of aromatic nitrogens is 2. The van der Waals surface area contributed by atoms with E-state index in [0.717, 1.165) is 6.42 Å². The molecule has 156 valence electrons. The molecule has 8 heteroatoms. The number of aliphatic hydroxyl groups excluding tert-OH is 1. The maximum absolute atomic E-state index is 13.4. The first-order valence-corrected chi connectivity index (χ1v) is 9.85. The number of carbonyl (C=O) groups excluding carboxylic acids is 1. The van der Waals surface area contributed by atoms with Crippen LogP contribution < -0.4 is 9.64 Å². The number of para-hydroxylation sites is 1. The molecular weight excluding hydrogens is 374 g/mol. The van der Waals surface area contributed by atoms with E-state index in [1.807, 2.05) is 44.2 Å². The van der Waals surface area contributed by atoms with Crippen molar-refractivity contribution < 1.29 is 24.5 Å². The van der Waals surface area contributed by atoms with E-state index in [0.29, 0.717) is 24.4 Å². The lowest BCUT2D eigenvalue weighted by molar-refractivity contribution is -0.128. The van der Waals surface area contributed by atoms with Crippen molar-refractivity contribution >= 4 is 17.9 Å². The minimum absolute atomic E-state index is 0.0259. The third kappa shape index (κ3) is 4.59. The van der Waals surface area contributed by atoms with Gasteiger partial charge in [0, 0.05) is 6.04 Å². The van der Waals surface area contributed by atoms with Crippen LogP contribution in [0.3, 0.4) is 0 Å². The first-order valence-electron chi connectivity index (χ1n) is 9.85. The van der Waals surface area contributed by atoms with Gasteiger partial charge in [0.2, 0.25) is 11.7 Å².